The first kappa shape index (κ1) is 21.0. The largest absolute Gasteiger partial charge is 0.465 e. The SMILES string of the molecule is COC(=O)c1c(NC(=O)c2ccc(S(=O)(=O)N3CCCC3)cc2)sc2c1CCCC2. The fourth-order valence-electron chi connectivity index (χ4n) is 4.00. The van der Waals surface area contributed by atoms with E-state index in [1.807, 2.05) is 0 Å². The highest BCUT2D eigenvalue weighted by Gasteiger charge is 2.29. The summed E-state index contributed by atoms with van der Waals surface area (Å²) in [5.74, 6) is -0.833. The van der Waals surface area contributed by atoms with Gasteiger partial charge in [-0.05, 0) is 68.4 Å². The molecule has 0 saturated carbocycles. The van der Waals surface area contributed by atoms with Crippen LogP contribution in [0.4, 0.5) is 5.00 Å². The smallest absolute Gasteiger partial charge is 0.341 e. The Morgan fingerprint density at radius 2 is 1.70 bits per heavy atom. The number of carbonyl (C=O) groups is 2. The number of anilines is 1. The predicted octanol–water partition coefficient (Wildman–Crippen LogP) is 3.45. The van der Waals surface area contributed by atoms with Crippen molar-refractivity contribution < 1.29 is 22.7 Å². The van der Waals surface area contributed by atoms with E-state index in [2.05, 4.69) is 5.32 Å². The number of aryl methyl sites for hydroxylation is 1. The Labute approximate surface area is 180 Å². The zero-order chi connectivity index (χ0) is 21.3. The molecule has 1 aromatic heterocycles. The maximum Gasteiger partial charge on any atom is 0.341 e. The Morgan fingerprint density at radius 1 is 1.03 bits per heavy atom. The molecule has 4 rings (SSSR count). The van der Waals surface area contributed by atoms with E-state index in [0.717, 1.165) is 49.0 Å². The van der Waals surface area contributed by atoms with Crippen molar-refractivity contribution in [3.8, 4) is 0 Å². The number of rotatable bonds is 5. The first-order valence-corrected chi connectivity index (χ1v) is 12.3. The molecule has 0 atom stereocenters. The van der Waals surface area contributed by atoms with Crippen molar-refractivity contribution in [2.45, 2.75) is 43.4 Å². The second-order valence-electron chi connectivity index (χ2n) is 7.50. The summed E-state index contributed by atoms with van der Waals surface area (Å²) in [5.41, 5.74) is 1.75. The molecule has 0 unspecified atom stereocenters. The lowest BCUT2D eigenvalue weighted by Crippen LogP contribution is -2.27. The molecule has 1 aliphatic heterocycles. The number of nitrogens with zero attached hydrogens (tertiary/aromatic N) is 1. The van der Waals surface area contributed by atoms with Crippen LogP contribution in [0.1, 0.15) is 56.8 Å². The van der Waals surface area contributed by atoms with Gasteiger partial charge in [0.15, 0.2) is 0 Å². The van der Waals surface area contributed by atoms with Crippen molar-refractivity contribution >= 4 is 38.2 Å². The van der Waals surface area contributed by atoms with E-state index < -0.39 is 16.0 Å². The molecule has 0 radical (unpaired) electrons. The third-order valence-corrected chi connectivity index (χ3v) is 8.73. The highest BCUT2D eigenvalue weighted by atomic mass is 32.2. The van der Waals surface area contributed by atoms with Crippen molar-refractivity contribution in [2.75, 3.05) is 25.5 Å². The van der Waals surface area contributed by atoms with Crippen LogP contribution in [-0.4, -0.2) is 44.8 Å². The van der Waals surface area contributed by atoms with Gasteiger partial charge in [-0.1, -0.05) is 0 Å². The van der Waals surface area contributed by atoms with Crippen LogP contribution >= 0.6 is 11.3 Å². The van der Waals surface area contributed by atoms with Crippen LogP contribution in [0.2, 0.25) is 0 Å². The van der Waals surface area contributed by atoms with Gasteiger partial charge >= 0.3 is 5.97 Å². The van der Waals surface area contributed by atoms with E-state index in [1.165, 1.54) is 47.0 Å². The lowest BCUT2D eigenvalue weighted by molar-refractivity contribution is 0.0601. The number of hydrogen-bond donors (Lipinski definition) is 1. The summed E-state index contributed by atoms with van der Waals surface area (Å²) in [5, 5.41) is 3.32. The Balaban J connectivity index is 1.56. The number of amides is 1. The average molecular weight is 449 g/mol. The molecule has 2 aliphatic rings. The minimum Gasteiger partial charge on any atom is -0.465 e. The molecule has 1 fully saturated rings. The molecule has 1 N–H and O–H groups in total. The molecule has 2 heterocycles. The Kier molecular flexibility index (Phi) is 5.95. The molecular weight excluding hydrogens is 424 g/mol. The molecular formula is C21H24N2O5S2. The van der Waals surface area contributed by atoms with Crippen molar-refractivity contribution in [1.82, 2.24) is 4.31 Å². The van der Waals surface area contributed by atoms with Crippen LogP contribution in [-0.2, 0) is 27.6 Å². The number of fused-ring (bicyclic) bond motifs is 1. The Hall–Kier alpha value is -2.23. The number of ether oxygens (including phenoxy) is 1. The first-order chi connectivity index (χ1) is 14.4. The molecule has 9 heteroatoms. The molecule has 160 valence electrons. The van der Waals surface area contributed by atoms with Crippen LogP contribution in [0, 0.1) is 0 Å². The normalized spacial score (nSPS) is 16.8. The summed E-state index contributed by atoms with van der Waals surface area (Å²) in [4.78, 5) is 26.4. The molecule has 1 amide bonds. The molecule has 2 aromatic rings. The van der Waals surface area contributed by atoms with Gasteiger partial charge in [-0.2, -0.15) is 4.31 Å². The Morgan fingerprint density at radius 3 is 2.37 bits per heavy atom. The molecule has 1 aromatic carbocycles. The molecule has 0 bridgehead atoms. The van der Waals surface area contributed by atoms with E-state index in [4.69, 9.17) is 4.74 Å². The predicted molar refractivity (Wildman–Crippen MR) is 115 cm³/mol. The van der Waals surface area contributed by atoms with Gasteiger partial charge in [-0.25, -0.2) is 13.2 Å². The molecule has 0 spiro atoms. The number of thiophene rings is 1. The average Bonchev–Trinajstić information content (AvgIpc) is 3.41. The van der Waals surface area contributed by atoms with E-state index in [9.17, 15) is 18.0 Å². The van der Waals surface area contributed by atoms with Gasteiger partial charge in [0.2, 0.25) is 10.0 Å². The maximum atomic E-state index is 12.8. The molecule has 7 nitrogen and oxygen atoms in total. The number of hydrogen-bond acceptors (Lipinski definition) is 6. The molecule has 1 saturated heterocycles. The van der Waals surface area contributed by atoms with Gasteiger partial charge in [0.05, 0.1) is 17.6 Å². The first-order valence-electron chi connectivity index (χ1n) is 10.1. The lowest BCUT2D eigenvalue weighted by Gasteiger charge is -2.15. The number of benzene rings is 1. The van der Waals surface area contributed by atoms with Crippen molar-refractivity contribution in [2.24, 2.45) is 0 Å². The Bertz CT molecular complexity index is 1070. The van der Waals surface area contributed by atoms with Gasteiger partial charge in [-0.3, -0.25) is 4.79 Å². The number of nitrogens with one attached hydrogen (secondary N) is 1. The highest BCUT2D eigenvalue weighted by Crippen LogP contribution is 2.38. The monoisotopic (exact) mass is 448 g/mol. The van der Waals surface area contributed by atoms with Crippen LogP contribution in [0.5, 0.6) is 0 Å². The minimum atomic E-state index is -3.52. The second kappa shape index (κ2) is 8.49. The molecule has 1 aliphatic carbocycles. The summed E-state index contributed by atoms with van der Waals surface area (Å²) < 4.78 is 31.7. The highest BCUT2D eigenvalue weighted by molar-refractivity contribution is 7.89. The zero-order valence-corrected chi connectivity index (χ0v) is 18.4. The van der Waals surface area contributed by atoms with Crippen LogP contribution in [0.15, 0.2) is 29.2 Å². The third kappa shape index (κ3) is 3.89. The number of esters is 1. The van der Waals surface area contributed by atoms with Crippen molar-refractivity contribution in [3.63, 3.8) is 0 Å². The van der Waals surface area contributed by atoms with Gasteiger partial charge in [0, 0.05) is 23.5 Å². The van der Waals surface area contributed by atoms with E-state index in [0.29, 0.717) is 29.2 Å². The van der Waals surface area contributed by atoms with Crippen LogP contribution in [0.25, 0.3) is 0 Å². The fraction of sp³-hybridized carbons (Fsp3) is 0.429. The van der Waals surface area contributed by atoms with E-state index in [1.54, 1.807) is 0 Å². The lowest BCUT2D eigenvalue weighted by atomic mass is 9.95. The van der Waals surface area contributed by atoms with Crippen molar-refractivity contribution in [3.05, 3.63) is 45.8 Å². The summed E-state index contributed by atoms with van der Waals surface area (Å²) in [6, 6.07) is 5.93. The van der Waals surface area contributed by atoms with Gasteiger partial charge < -0.3 is 10.1 Å². The van der Waals surface area contributed by atoms with Crippen LogP contribution < -0.4 is 5.32 Å². The minimum absolute atomic E-state index is 0.183. The summed E-state index contributed by atoms with van der Waals surface area (Å²) >= 11 is 1.42. The van der Waals surface area contributed by atoms with E-state index in [-0.39, 0.29) is 10.8 Å². The van der Waals surface area contributed by atoms with Crippen molar-refractivity contribution in [1.29, 1.82) is 0 Å². The number of methoxy groups -OCH3 is 1. The van der Waals surface area contributed by atoms with Crippen LogP contribution in [0.3, 0.4) is 0 Å². The van der Waals surface area contributed by atoms with E-state index >= 15 is 0 Å². The number of carbonyl (C=O) groups excluding carboxylic acids is 2. The number of sulfonamides is 1. The summed E-state index contributed by atoms with van der Waals surface area (Å²) in [6.45, 7) is 1.06. The second-order valence-corrected chi connectivity index (χ2v) is 10.5. The molecule has 30 heavy (non-hydrogen) atoms. The quantitative estimate of drug-likeness (QED) is 0.707. The third-order valence-electron chi connectivity index (χ3n) is 5.61. The van der Waals surface area contributed by atoms with Gasteiger partial charge in [0.25, 0.3) is 5.91 Å². The van der Waals surface area contributed by atoms with Gasteiger partial charge in [-0.15, -0.1) is 11.3 Å². The summed E-state index contributed by atoms with van der Waals surface area (Å²) in [7, 11) is -2.19. The standard InChI is InChI=1S/C21H24N2O5S2/c1-28-21(25)18-16-6-2-3-7-17(16)29-20(18)22-19(24)14-8-10-15(11-9-14)30(26,27)23-12-4-5-13-23/h8-11H,2-7,12-13H2,1H3,(H,22,24). The topological polar surface area (TPSA) is 92.8 Å². The maximum absolute atomic E-state index is 12.8. The van der Waals surface area contributed by atoms with Gasteiger partial charge in [0.1, 0.15) is 5.00 Å². The fourth-order valence-corrected chi connectivity index (χ4v) is 6.79. The summed E-state index contributed by atoms with van der Waals surface area (Å²) in [6.07, 6.45) is 5.50. The zero-order valence-electron chi connectivity index (χ0n) is 16.8.